The molecule has 16 N–H and O–H groups in total. The molecule has 5 unspecified atom stereocenters. The summed E-state index contributed by atoms with van der Waals surface area (Å²) in [7, 11) is 0. The molecule has 18 nitrogen and oxygen atoms in total. The van der Waals surface area contributed by atoms with Crippen LogP contribution in [0, 0.1) is 0 Å². The molecule has 222 valence electrons. The molecule has 0 saturated heterocycles. The van der Waals surface area contributed by atoms with Crippen molar-refractivity contribution in [3.63, 3.8) is 0 Å². The molecule has 39 heavy (non-hydrogen) atoms. The zero-order valence-corrected chi connectivity index (χ0v) is 21.7. The van der Waals surface area contributed by atoms with E-state index in [9.17, 15) is 34.2 Å². The number of nitrogens with two attached hydrogens (primary N) is 5. The van der Waals surface area contributed by atoms with Crippen LogP contribution in [0.2, 0.25) is 0 Å². The van der Waals surface area contributed by atoms with Crippen LogP contribution in [-0.4, -0.2) is 100 Å². The van der Waals surface area contributed by atoms with Gasteiger partial charge < -0.3 is 59.9 Å². The summed E-state index contributed by atoms with van der Waals surface area (Å²) in [5.41, 5.74) is 27.0. The second-order valence-electron chi connectivity index (χ2n) is 8.62. The van der Waals surface area contributed by atoms with Gasteiger partial charge in [-0.15, -0.1) is 0 Å². The van der Waals surface area contributed by atoms with E-state index in [1.54, 1.807) is 0 Å². The fourth-order valence-electron chi connectivity index (χ4n) is 3.15. The summed E-state index contributed by atoms with van der Waals surface area (Å²) < 4.78 is 0. The van der Waals surface area contributed by atoms with Crippen LogP contribution in [0.15, 0.2) is 9.98 Å². The lowest BCUT2D eigenvalue weighted by atomic mass is 10.1. The summed E-state index contributed by atoms with van der Waals surface area (Å²) in [4.78, 5) is 68.1. The molecule has 18 heteroatoms. The number of nitrogens with zero attached hydrogens (tertiary/aromatic N) is 2. The van der Waals surface area contributed by atoms with Gasteiger partial charge in [0.15, 0.2) is 11.9 Å². The van der Waals surface area contributed by atoms with Crippen LogP contribution in [-0.2, 0) is 24.0 Å². The molecule has 0 aliphatic heterocycles. The number of hydrogen-bond donors (Lipinski definition) is 11. The first-order valence-corrected chi connectivity index (χ1v) is 12.1. The van der Waals surface area contributed by atoms with E-state index in [1.807, 2.05) is 0 Å². The molecular weight excluding hydrogens is 520 g/mol. The van der Waals surface area contributed by atoms with E-state index in [-0.39, 0.29) is 44.3 Å². The first-order valence-electron chi connectivity index (χ1n) is 12.1. The van der Waals surface area contributed by atoms with Crippen LogP contribution in [0.4, 0.5) is 0 Å². The minimum Gasteiger partial charge on any atom is -0.481 e. The Kier molecular flexibility index (Phi) is 16.2. The van der Waals surface area contributed by atoms with Gasteiger partial charge in [0.1, 0.15) is 18.1 Å². The maximum absolute atomic E-state index is 13.0. The van der Waals surface area contributed by atoms with Crippen molar-refractivity contribution in [2.24, 2.45) is 38.7 Å². The highest BCUT2D eigenvalue weighted by Crippen LogP contribution is 2.05. The SMILES string of the molecule is CC(O)C(NC(=O)C(CCCN=C(N)N)NC(=O)C(N)CCCN=C(N)N)C(=O)NC(CCC(=O)O)C(=O)O. The van der Waals surface area contributed by atoms with Crippen molar-refractivity contribution < 1.29 is 39.3 Å². The molecule has 0 spiro atoms. The number of aliphatic hydroxyl groups excluding tert-OH is 1. The zero-order valence-electron chi connectivity index (χ0n) is 21.7. The number of aliphatic imine (C=N–C) groups is 2. The number of carbonyl (C=O) groups is 5. The summed E-state index contributed by atoms with van der Waals surface area (Å²) in [5.74, 6) is -5.69. The van der Waals surface area contributed by atoms with Gasteiger partial charge in [0, 0.05) is 19.5 Å². The van der Waals surface area contributed by atoms with E-state index < -0.39 is 72.8 Å². The van der Waals surface area contributed by atoms with Crippen molar-refractivity contribution in [1.29, 1.82) is 0 Å². The Balaban J connectivity index is 5.51. The monoisotopic (exact) mass is 560 g/mol. The van der Waals surface area contributed by atoms with Crippen molar-refractivity contribution >= 4 is 41.6 Å². The molecule has 0 aliphatic carbocycles. The van der Waals surface area contributed by atoms with E-state index in [1.165, 1.54) is 6.92 Å². The van der Waals surface area contributed by atoms with Crippen molar-refractivity contribution in [1.82, 2.24) is 16.0 Å². The first-order chi connectivity index (χ1) is 18.1. The Hall–Kier alpha value is -4.19. The van der Waals surface area contributed by atoms with Gasteiger partial charge in [0.2, 0.25) is 17.7 Å². The Labute approximate surface area is 224 Å². The van der Waals surface area contributed by atoms with Gasteiger partial charge in [0.25, 0.3) is 0 Å². The van der Waals surface area contributed by atoms with Crippen molar-refractivity contribution in [2.45, 2.75) is 75.7 Å². The number of carboxylic acid groups (broad SMARTS) is 2. The molecule has 0 aliphatic rings. The van der Waals surface area contributed by atoms with Gasteiger partial charge in [-0.3, -0.25) is 29.2 Å². The Morgan fingerprint density at radius 3 is 1.72 bits per heavy atom. The summed E-state index contributed by atoms with van der Waals surface area (Å²) in [6.45, 7) is 1.54. The Bertz CT molecular complexity index is 903. The van der Waals surface area contributed by atoms with E-state index in [4.69, 9.17) is 33.8 Å². The number of carbonyl (C=O) groups excluding carboxylic acids is 3. The number of aliphatic hydroxyl groups is 1. The summed E-state index contributed by atoms with van der Waals surface area (Å²) >= 11 is 0. The maximum Gasteiger partial charge on any atom is 0.326 e. The molecule has 0 heterocycles. The number of carboxylic acids is 2. The van der Waals surface area contributed by atoms with Gasteiger partial charge in [-0.2, -0.15) is 0 Å². The van der Waals surface area contributed by atoms with Crippen LogP contribution in [0.3, 0.4) is 0 Å². The number of amides is 3. The molecule has 0 aromatic heterocycles. The first kappa shape index (κ1) is 34.8. The number of guanidine groups is 2. The number of nitrogens with one attached hydrogen (secondary N) is 3. The molecule has 0 aromatic carbocycles. The predicted octanol–water partition coefficient (Wildman–Crippen LogP) is -4.79. The lowest BCUT2D eigenvalue weighted by Crippen LogP contribution is -2.59. The Morgan fingerprint density at radius 2 is 1.26 bits per heavy atom. The van der Waals surface area contributed by atoms with E-state index in [0.717, 1.165) is 0 Å². The van der Waals surface area contributed by atoms with Gasteiger partial charge in [-0.25, -0.2) is 4.79 Å². The second-order valence-corrected chi connectivity index (χ2v) is 8.62. The van der Waals surface area contributed by atoms with Crippen LogP contribution in [0.5, 0.6) is 0 Å². The number of hydrogen-bond acceptors (Lipinski definition) is 9. The van der Waals surface area contributed by atoms with E-state index in [2.05, 4.69) is 25.9 Å². The van der Waals surface area contributed by atoms with Crippen molar-refractivity contribution in [3.05, 3.63) is 0 Å². The standard InChI is InChI=1S/C21H40N10O8/c1-10(32)15(18(37)30-13(19(38)39)6-7-14(33)34)31-17(36)12(5-3-9-28-21(25)26)29-16(35)11(22)4-2-8-27-20(23)24/h10-13,15,32H,2-9,22H2,1H3,(H,29,35)(H,30,37)(H,31,36)(H,33,34)(H,38,39)(H4,23,24,27)(H4,25,26,28). The average Bonchev–Trinajstić information content (AvgIpc) is 2.83. The van der Waals surface area contributed by atoms with Gasteiger partial charge in [-0.1, -0.05) is 0 Å². The molecule has 0 aromatic rings. The second kappa shape index (κ2) is 18.1. The predicted molar refractivity (Wildman–Crippen MR) is 140 cm³/mol. The van der Waals surface area contributed by atoms with Crippen LogP contribution in [0.1, 0.15) is 45.4 Å². The third-order valence-electron chi connectivity index (χ3n) is 5.21. The molecular formula is C21H40N10O8. The fourth-order valence-corrected chi connectivity index (χ4v) is 3.15. The molecule has 0 saturated carbocycles. The molecule has 5 atom stereocenters. The molecule has 0 radical (unpaired) electrons. The highest BCUT2D eigenvalue weighted by molar-refractivity contribution is 5.94. The number of aliphatic carboxylic acids is 2. The quantitative estimate of drug-likeness (QED) is 0.0401. The third-order valence-corrected chi connectivity index (χ3v) is 5.21. The fraction of sp³-hybridized carbons (Fsp3) is 0.667. The minimum atomic E-state index is -1.63. The Morgan fingerprint density at radius 1 is 0.744 bits per heavy atom. The van der Waals surface area contributed by atoms with Crippen LogP contribution in [0.25, 0.3) is 0 Å². The van der Waals surface area contributed by atoms with Gasteiger partial charge in [-0.05, 0) is 39.0 Å². The third kappa shape index (κ3) is 15.6. The van der Waals surface area contributed by atoms with Crippen LogP contribution < -0.4 is 44.6 Å². The minimum absolute atomic E-state index is 0.0135. The van der Waals surface area contributed by atoms with Crippen molar-refractivity contribution in [3.8, 4) is 0 Å². The smallest absolute Gasteiger partial charge is 0.326 e. The van der Waals surface area contributed by atoms with Crippen LogP contribution >= 0.6 is 0 Å². The van der Waals surface area contributed by atoms with Gasteiger partial charge in [0.05, 0.1) is 12.1 Å². The summed E-state index contributed by atoms with van der Waals surface area (Å²) in [6, 6.07) is -5.46. The largest absolute Gasteiger partial charge is 0.481 e. The van der Waals surface area contributed by atoms with E-state index >= 15 is 0 Å². The van der Waals surface area contributed by atoms with E-state index in [0.29, 0.717) is 6.42 Å². The highest BCUT2D eigenvalue weighted by atomic mass is 16.4. The summed E-state index contributed by atoms with van der Waals surface area (Å²) in [5, 5.41) is 35.0. The topological polar surface area (TPSA) is 337 Å². The summed E-state index contributed by atoms with van der Waals surface area (Å²) in [6.07, 6.45) is -1.64. The molecule has 0 rings (SSSR count). The van der Waals surface area contributed by atoms with Crippen molar-refractivity contribution in [2.75, 3.05) is 13.1 Å². The lowest BCUT2D eigenvalue weighted by molar-refractivity contribution is -0.144. The molecule has 3 amide bonds. The molecule has 0 fully saturated rings. The maximum atomic E-state index is 13.0. The normalized spacial score (nSPS) is 14.4. The molecule has 0 bridgehead atoms. The lowest BCUT2D eigenvalue weighted by Gasteiger charge is -2.26. The van der Waals surface area contributed by atoms with Gasteiger partial charge >= 0.3 is 11.9 Å². The number of rotatable bonds is 19. The average molecular weight is 561 g/mol. The highest BCUT2D eigenvalue weighted by Gasteiger charge is 2.32. The zero-order chi connectivity index (χ0) is 30.1.